The van der Waals surface area contributed by atoms with Crippen LogP contribution < -0.4 is 16.4 Å². The number of nitrogens with two attached hydrogens (primary N) is 1. The summed E-state index contributed by atoms with van der Waals surface area (Å²) in [5.41, 5.74) is 10.8. The molecule has 0 radical (unpaired) electrons. The summed E-state index contributed by atoms with van der Waals surface area (Å²) in [6.07, 6.45) is 5.21. The van der Waals surface area contributed by atoms with Crippen LogP contribution in [0.1, 0.15) is 51.6 Å². The molecule has 6 nitrogen and oxygen atoms in total. The van der Waals surface area contributed by atoms with Crippen LogP contribution >= 0.6 is 0 Å². The van der Waals surface area contributed by atoms with Crippen LogP contribution in [-0.4, -0.2) is 26.7 Å². The Morgan fingerprint density at radius 1 is 1.06 bits per heavy atom. The molecule has 0 amide bonds. The fourth-order valence-corrected chi connectivity index (χ4v) is 4.35. The number of anilines is 2. The maximum atomic E-state index is 13.6. The van der Waals surface area contributed by atoms with Crippen molar-refractivity contribution in [2.75, 3.05) is 10.6 Å². The molecule has 178 valence electrons. The van der Waals surface area contributed by atoms with Crippen LogP contribution in [0.3, 0.4) is 0 Å². The molecule has 5 rings (SSSR count). The molecule has 3 unspecified atom stereocenters. The van der Waals surface area contributed by atoms with Gasteiger partial charge in [-0.15, -0.1) is 5.10 Å². The standard InChI is InChI=1S/C25H27FN6.C2H6/c1-16(18-4-2-5-19(26)14-18)29-24-12-13-25-28-15-23(32(25)31-24)17-8-10-20(11-9-17)30-22-7-3-6-21(22)27;1-2/h2,4-5,8-16,21-22,30H,3,6-7,27H2,1H3,(H,29,31);1-2H3. The molecule has 0 spiro atoms. The highest BCUT2D eigenvalue weighted by atomic mass is 19.1. The van der Waals surface area contributed by atoms with Gasteiger partial charge in [0, 0.05) is 23.3 Å². The lowest BCUT2D eigenvalue weighted by atomic mass is 10.1. The van der Waals surface area contributed by atoms with E-state index in [1.165, 1.54) is 18.6 Å². The normalized spacial score (nSPS) is 18.3. The van der Waals surface area contributed by atoms with Gasteiger partial charge < -0.3 is 16.4 Å². The van der Waals surface area contributed by atoms with Gasteiger partial charge in [-0.3, -0.25) is 0 Å². The summed E-state index contributed by atoms with van der Waals surface area (Å²) in [7, 11) is 0. The Bertz CT molecular complexity index is 1220. The third-order valence-electron chi connectivity index (χ3n) is 6.18. The highest BCUT2D eigenvalue weighted by Gasteiger charge is 2.23. The molecule has 1 fully saturated rings. The first kappa shape index (κ1) is 23.7. The fraction of sp³-hybridized carbons (Fsp3) is 0.333. The third kappa shape index (κ3) is 5.20. The predicted octanol–water partition coefficient (Wildman–Crippen LogP) is 6.03. The van der Waals surface area contributed by atoms with Crippen LogP contribution in [0.5, 0.6) is 0 Å². The highest BCUT2D eigenvalue weighted by Crippen LogP contribution is 2.26. The number of halogens is 1. The van der Waals surface area contributed by atoms with Crippen LogP contribution in [0, 0.1) is 5.82 Å². The van der Waals surface area contributed by atoms with Crippen molar-refractivity contribution in [3.8, 4) is 11.3 Å². The summed E-state index contributed by atoms with van der Waals surface area (Å²) in [5.74, 6) is 0.450. The first-order valence-electron chi connectivity index (χ1n) is 12.1. The zero-order valence-corrected chi connectivity index (χ0v) is 20.0. The van der Waals surface area contributed by atoms with Crippen LogP contribution in [0.25, 0.3) is 16.9 Å². The van der Waals surface area contributed by atoms with Crippen LogP contribution in [0.4, 0.5) is 15.9 Å². The van der Waals surface area contributed by atoms with Crippen molar-refractivity contribution in [2.24, 2.45) is 5.73 Å². The summed E-state index contributed by atoms with van der Waals surface area (Å²) < 4.78 is 15.4. The van der Waals surface area contributed by atoms with Gasteiger partial charge in [-0.05, 0) is 68.1 Å². The van der Waals surface area contributed by atoms with E-state index < -0.39 is 0 Å². The topological polar surface area (TPSA) is 80.3 Å². The zero-order valence-electron chi connectivity index (χ0n) is 20.0. The number of nitrogens with zero attached hydrogens (tertiary/aromatic N) is 3. The summed E-state index contributed by atoms with van der Waals surface area (Å²) in [4.78, 5) is 4.49. The fourth-order valence-electron chi connectivity index (χ4n) is 4.35. The average molecular weight is 461 g/mol. The molecule has 1 aliphatic rings. The van der Waals surface area contributed by atoms with Crippen molar-refractivity contribution in [1.82, 2.24) is 14.6 Å². The Morgan fingerprint density at radius 2 is 1.85 bits per heavy atom. The molecule has 3 atom stereocenters. The molecular weight excluding hydrogens is 427 g/mol. The Morgan fingerprint density at radius 3 is 2.56 bits per heavy atom. The molecule has 0 saturated heterocycles. The molecule has 1 saturated carbocycles. The molecule has 0 bridgehead atoms. The van der Waals surface area contributed by atoms with Crippen LogP contribution in [-0.2, 0) is 0 Å². The molecule has 4 N–H and O–H groups in total. The van der Waals surface area contributed by atoms with Gasteiger partial charge in [0.05, 0.1) is 17.9 Å². The van der Waals surface area contributed by atoms with Crippen molar-refractivity contribution in [2.45, 2.75) is 58.2 Å². The Hall–Kier alpha value is -3.45. The van der Waals surface area contributed by atoms with E-state index in [9.17, 15) is 4.39 Å². The quantitative estimate of drug-likeness (QED) is 0.327. The van der Waals surface area contributed by atoms with Gasteiger partial charge in [0.2, 0.25) is 0 Å². The summed E-state index contributed by atoms with van der Waals surface area (Å²) in [6, 6.07) is 19.2. The zero-order chi connectivity index (χ0) is 24.1. The lowest BCUT2D eigenvalue weighted by molar-refractivity contribution is 0.623. The minimum atomic E-state index is -0.246. The highest BCUT2D eigenvalue weighted by molar-refractivity contribution is 5.66. The van der Waals surface area contributed by atoms with Gasteiger partial charge in [-0.25, -0.2) is 13.9 Å². The molecule has 1 aliphatic carbocycles. The Balaban J connectivity index is 0.00000133. The Kier molecular flexibility index (Phi) is 7.43. The van der Waals surface area contributed by atoms with Gasteiger partial charge in [-0.2, -0.15) is 0 Å². The molecule has 7 heteroatoms. The van der Waals surface area contributed by atoms with E-state index in [0.29, 0.717) is 11.9 Å². The number of benzene rings is 2. The van der Waals surface area contributed by atoms with E-state index in [4.69, 9.17) is 10.8 Å². The van der Waals surface area contributed by atoms with E-state index in [-0.39, 0.29) is 17.9 Å². The minimum Gasteiger partial charge on any atom is -0.381 e. The van der Waals surface area contributed by atoms with Crippen molar-refractivity contribution in [3.05, 3.63) is 78.2 Å². The lowest BCUT2D eigenvalue weighted by Gasteiger charge is -2.18. The predicted molar refractivity (Wildman–Crippen MR) is 137 cm³/mol. The second-order valence-electron chi connectivity index (χ2n) is 8.48. The third-order valence-corrected chi connectivity index (χ3v) is 6.18. The Labute approximate surface area is 200 Å². The molecule has 34 heavy (non-hydrogen) atoms. The smallest absolute Gasteiger partial charge is 0.154 e. The summed E-state index contributed by atoms with van der Waals surface area (Å²) in [6.45, 7) is 5.98. The van der Waals surface area contributed by atoms with Gasteiger partial charge in [-0.1, -0.05) is 38.1 Å². The van der Waals surface area contributed by atoms with Crippen LogP contribution in [0.2, 0.25) is 0 Å². The largest absolute Gasteiger partial charge is 0.381 e. The van der Waals surface area contributed by atoms with E-state index in [1.807, 2.05) is 49.7 Å². The van der Waals surface area contributed by atoms with Crippen molar-refractivity contribution < 1.29 is 4.39 Å². The number of rotatable bonds is 6. The second-order valence-corrected chi connectivity index (χ2v) is 8.48. The van der Waals surface area contributed by atoms with Crippen molar-refractivity contribution >= 4 is 17.2 Å². The first-order valence-corrected chi connectivity index (χ1v) is 12.1. The van der Waals surface area contributed by atoms with E-state index >= 15 is 0 Å². The summed E-state index contributed by atoms with van der Waals surface area (Å²) >= 11 is 0. The maximum Gasteiger partial charge on any atom is 0.154 e. The molecular formula is C27H33FN6. The lowest BCUT2D eigenvalue weighted by Crippen LogP contribution is -2.35. The van der Waals surface area contributed by atoms with Gasteiger partial charge in [0.15, 0.2) is 5.65 Å². The SMILES string of the molecule is CC.CC(Nc1ccc2ncc(-c3ccc(NC4CCCC4N)cc3)n2n1)c1cccc(F)c1. The number of aromatic nitrogens is 3. The van der Waals surface area contributed by atoms with Gasteiger partial charge in [0.1, 0.15) is 11.6 Å². The summed E-state index contributed by atoms with van der Waals surface area (Å²) in [5, 5.41) is 11.6. The molecule has 2 aromatic carbocycles. The van der Waals surface area contributed by atoms with Gasteiger partial charge in [0.25, 0.3) is 0 Å². The number of hydrogen-bond donors (Lipinski definition) is 3. The van der Waals surface area contributed by atoms with Crippen LogP contribution in [0.15, 0.2) is 66.9 Å². The number of imidazole rings is 1. The molecule has 2 aromatic heterocycles. The van der Waals surface area contributed by atoms with E-state index in [2.05, 4.69) is 39.9 Å². The van der Waals surface area contributed by atoms with Crippen molar-refractivity contribution in [3.63, 3.8) is 0 Å². The molecule has 0 aliphatic heterocycles. The van der Waals surface area contributed by atoms with Crippen molar-refractivity contribution in [1.29, 1.82) is 0 Å². The average Bonchev–Trinajstić information content (AvgIpc) is 3.46. The molecule has 4 aromatic rings. The van der Waals surface area contributed by atoms with E-state index in [1.54, 1.807) is 6.07 Å². The minimum absolute atomic E-state index is 0.0880. The number of nitrogens with one attached hydrogen (secondary N) is 2. The number of hydrogen-bond acceptors (Lipinski definition) is 5. The first-order chi connectivity index (χ1) is 16.6. The molecule has 2 heterocycles. The maximum absolute atomic E-state index is 13.6. The second kappa shape index (κ2) is 10.7. The van der Waals surface area contributed by atoms with E-state index in [0.717, 1.165) is 41.0 Å². The monoisotopic (exact) mass is 460 g/mol. The van der Waals surface area contributed by atoms with Gasteiger partial charge >= 0.3 is 0 Å². The number of fused-ring (bicyclic) bond motifs is 1.